The Bertz CT molecular complexity index is 5580. The van der Waals surface area contributed by atoms with Gasteiger partial charge in [-0.2, -0.15) is 11.3 Å². The molecule has 10 aromatic carbocycles. The zero-order chi connectivity index (χ0) is 103. The standard InChI is InChI=1S/C19H11FN.C18H9N2S.C13H7FN.2C11H7FN.2C5H8O2.10C4H10.Au.3Ir.Pt/c20-14-11-9-13(10-12-14)19-17-7-2-1-5-15(17)16-6-3-4-8-18(16)21-19;1-19-15-9-8-12-10-14(7-6-13(12)11-15)18-20-16-4-2-3-5-17(16)21-18;14-12-5-1-4-11-10(12)7-6-9-3-2-8-15-13(9)11;12-10-5-3-4-9(8-10)11-6-1-2-7-13-11;12-10-6-4-9(5-7-10)11-3-1-2-8-13-11;2*1-4(6)3-5(2)7;10*1-3-4-2;;;;;/h1-9,11-12H;2-6,8-11H;1-3,5-8H;1-3,5-8H;1-4,6-8H;2*3,6H,1-2H3;10*3-4H2,1-2H3;;;;;/q5*-1;;;;;;;;;;;;;+1;;;;. The number of aromatic nitrogens is 5. The van der Waals surface area contributed by atoms with Crippen molar-refractivity contribution in [1.82, 2.24) is 24.9 Å². The first kappa shape index (κ1) is 146. The minimum absolute atomic E-state index is 0. The van der Waals surface area contributed by atoms with Gasteiger partial charge in [-0.15, -0.1) is 148 Å². The fourth-order valence-electron chi connectivity index (χ4n) is 9.58. The molecule has 0 aliphatic heterocycles. The van der Waals surface area contributed by atoms with Crippen LogP contribution in [0.2, 0.25) is 0 Å². The van der Waals surface area contributed by atoms with Gasteiger partial charge in [-0.05, 0) is 103 Å². The maximum absolute atomic E-state index is 13.5. The molecular weight excluding hydrogens is 2690 g/mol. The summed E-state index contributed by atoms with van der Waals surface area (Å²) < 4.78 is 53.1. The van der Waals surface area contributed by atoms with Gasteiger partial charge in [-0.25, -0.2) is 13.6 Å². The van der Waals surface area contributed by atoms with Crippen LogP contribution in [0.5, 0.6) is 0 Å². The summed E-state index contributed by atoms with van der Waals surface area (Å²) in [5, 5.41) is 25.5. The predicted molar refractivity (Wildman–Crippen MR) is 586 cm³/mol. The van der Waals surface area contributed by atoms with Crippen molar-refractivity contribution in [3.05, 3.63) is 338 Å². The monoisotopic (exact) mass is 2850 g/mol. The number of ketones is 2. The molecule has 0 fully saturated rings. The van der Waals surface area contributed by atoms with E-state index in [4.69, 9.17) is 21.8 Å². The summed E-state index contributed by atoms with van der Waals surface area (Å²) in [7, 11) is 0. The Labute approximate surface area is 927 Å². The second kappa shape index (κ2) is 96.8. The molecule has 0 atom stereocenters. The van der Waals surface area contributed by atoms with Gasteiger partial charge in [-0.3, -0.25) is 28.3 Å². The molecule has 0 aliphatic rings. The van der Waals surface area contributed by atoms with Crippen molar-refractivity contribution in [3.8, 4) is 44.3 Å². The number of benzene rings is 10. The second-order valence-corrected chi connectivity index (χ2v) is 32.2. The average Bonchev–Trinajstić information content (AvgIpc) is 0.797. The van der Waals surface area contributed by atoms with E-state index in [1.54, 1.807) is 60.3 Å². The van der Waals surface area contributed by atoms with Crippen molar-refractivity contribution in [2.45, 2.75) is 295 Å². The van der Waals surface area contributed by atoms with E-state index in [9.17, 15) is 27.2 Å². The molecule has 0 saturated carbocycles. The number of allylic oxidation sites excluding steroid dienone is 4. The zero-order valence-electron chi connectivity index (χ0n) is 88.4. The third kappa shape index (κ3) is 66.8. The Kier molecular flexibility index (Phi) is 99.5. The average molecular weight is 2850 g/mol. The number of thiazole rings is 1. The van der Waals surface area contributed by atoms with Crippen LogP contribution >= 0.6 is 11.3 Å². The number of unbranched alkanes of at least 4 members (excludes halogenated alkanes) is 10. The number of para-hydroxylation sites is 2. The molecule has 15 aromatic rings. The Morgan fingerprint density at radius 1 is 0.359 bits per heavy atom. The van der Waals surface area contributed by atoms with E-state index in [0.717, 1.165) is 93.0 Å². The summed E-state index contributed by atoms with van der Waals surface area (Å²) in [5.41, 5.74) is 9.09. The molecule has 0 saturated heterocycles. The number of aliphatic hydroxyl groups is 2. The first-order valence-electron chi connectivity index (χ1n) is 49.0. The van der Waals surface area contributed by atoms with Gasteiger partial charge in [0.25, 0.3) is 0 Å². The number of carbonyl (C=O) groups excluding carboxylic acids is 2. The van der Waals surface area contributed by atoms with E-state index >= 15 is 0 Å². The van der Waals surface area contributed by atoms with Crippen LogP contribution in [0.1, 0.15) is 295 Å². The Hall–Kier alpha value is -9.00. The van der Waals surface area contributed by atoms with Crippen LogP contribution < -0.4 is 0 Å². The largest absolute Gasteiger partial charge is 1.00 e. The summed E-state index contributed by atoms with van der Waals surface area (Å²) in [6, 6.07) is 83.9. The van der Waals surface area contributed by atoms with Crippen molar-refractivity contribution in [1.29, 1.82) is 0 Å². The maximum Gasteiger partial charge on any atom is 1.00 e. The van der Waals surface area contributed by atoms with Gasteiger partial charge in [0.05, 0.1) is 29.1 Å². The van der Waals surface area contributed by atoms with Crippen LogP contribution in [0.25, 0.3) is 114 Å². The van der Waals surface area contributed by atoms with Gasteiger partial charge in [-0.1, -0.05) is 388 Å². The molecule has 15 rings (SSSR count). The van der Waals surface area contributed by atoms with Crippen molar-refractivity contribution in [3.63, 3.8) is 0 Å². The minimum Gasteiger partial charge on any atom is -0.512 e. The number of carbonyl (C=O) groups is 2. The SMILES string of the molecule is CC(=O)C=C(C)O.CC(=O)C=C(C)O.CCCC.CCCC.CCCC.CCCC.CCCC.CCCC.CCCC.CCCC.CCCC.CCCC.Fc1c[c-]c(-c2ccccn2)cc1.Fc1c[c-]c(-c2nc3ccccc3c3ccccc23)cc1.Fc1cc[c-]c(-c2ccccn2)c1.Fc1cc[c-]c2c1ccc1cccnc12.[Au+].[C-]#[N+]c1ccc2cc(-c3nc4ccccc4s3)[c-]cc2c1.[Ir].[Ir].[Ir].[Pt]. The van der Waals surface area contributed by atoms with E-state index in [1.165, 1.54) is 215 Å². The van der Waals surface area contributed by atoms with Crippen LogP contribution in [0, 0.1) is 60.2 Å². The molecule has 0 spiro atoms. The minimum atomic E-state index is -0.288. The summed E-state index contributed by atoms with van der Waals surface area (Å²) in [4.78, 5) is 45.4. The molecule has 0 aliphatic carbocycles. The number of hydrogen-bond donors (Lipinski definition) is 2. The quantitative estimate of drug-likeness (QED) is 0.0241. The summed E-state index contributed by atoms with van der Waals surface area (Å²) in [5.74, 6) is -1.18. The van der Waals surface area contributed by atoms with Gasteiger partial charge in [0.15, 0.2) is 17.3 Å². The number of fused-ring (bicyclic) bond motifs is 8. The normalized spacial score (nSPS) is 9.46. The second-order valence-electron chi connectivity index (χ2n) is 31.2. The third-order valence-electron chi connectivity index (χ3n) is 18.8. The van der Waals surface area contributed by atoms with E-state index in [1.807, 2.05) is 133 Å². The predicted octanol–water partition coefficient (Wildman–Crippen LogP) is 39.3. The molecule has 0 unspecified atom stereocenters. The topological polar surface area (TPSA) is 143 Å². The number of rotatable bonds is 16. The Morgan fingerprint density at radius 3 is 1.18 bits per heavy atom. The van der Waals surface area contributed by atoms with E-state index in [2.05, 4.69) is 218 Å². The fourth-order valence-corrected chi connectivity index (χ4v) is 10.5. The van der Waals surface area contributed by atoms with Crippen molar-refractivity contribution < 1.29 is 141 Å². The zero-order valence-corrected chi connectivity index (χ0v) is 101. The molecule has 785 valence electrons. The van der Waals surface area contributed by atoms with Gasteiger partial charge in [0.2, 0.25) is 0 Å². The molecule has 2 N–H and O–H groups in total. The van der Waals surface area contributed by atoms with Gasteiger partial charge in [0.1, 0.15) is 0 Å². The smallest absolute Gasteiger partial charge is 0.512 e. The Balaban J connectivity index is -0.000000285. The molecular formula is C122H157AuF4Ir3N6O4PtS-4. The maximum atomic E-state index is 13.5. The van der Waals surface area contributed by atoms with Crippen LogP contribution in [0.15, 0.2) is 273 Å². The Morgan fingerprint density at radius 2 is 0.768 bits per heavy atom. The first-order valence-corrected chi connectivity index (χ1v) is 49.9. The number of hydrogen-bond acceptors (Lipinski definition) is 10. The molecule has 5 heterocycles. The van der Waals surface area contributed by atoms with E-state index in [0.29, 0.717) is 16.6 Å². The van der Waals surface area contributed by atoms with E-state index in [-0.39, 0.29) is 150 Å². The molecule has 20 heteroatoms. The summed E-state index contributed by atoms with van der Waals surface area (Å²) >= 11 is 1.68. The summed E-state index contributed by atoms with van der Waals surface area (Å²) in [6.45, 7) is 56.4. The number of aliphatic hydroxyl groups excluding tert-OH is 2. The van der Waals surface area contributed by atoms with Gasteiger partial charge in [0, 0.05) is 150 Å². The van der Waals surface area contributed by atoms with Crippen molar-refractivity contribution in [2.24, 2.45) is 0 Å². The third-order valence-corrected chi connectivity index (χ3v) is 19.8. The number of halogens is 4. The molecule has 3 radical (unpaired) electrons. The molecule has 0 amide bonds. The molecule has 142 heavy (non-hydrogen) atoms. The molecule has 0 bridgehead atoms. The van der Waals surface area contributed by atoms with Crippen LogP contribution in [-0.4, -0.2) is 46.7 Å². The fraction of sp³-hybridized carbons (Fsp3) is 0.361. The van der Waals surface area contributed by atoms with Crippen LogP contribution in [0.3, 0.4) is 0 Å². The van der Waals surface area contributed by atoms with Gasteiger partial charge >= 0.3 is 22.4 Å². The van der Waals surface area contributed by atoms with E-state index < -0.39 is 0 Å². The van der Waals surface area contributed by atoms with Gasteiger partial charge < -0.3 is 25.2 Å². The molecule has 5 aromatic heterocycles. The number of pyridine rings is 4. The first-order chi connectivity index (χ1) is 66.1. The number of nitrogens with zero attached hydrogens (tertiary/aromatic N) is 6. The van der Waals surface area contributed by atoms with Crippen molar-refractivity contribution in [2.75, 3.05) is 0 Å². The van der Waals surface area contributed by atoms with Crippen LogP contribution in [0.4, 0.5) is 23.2 Å². The van der Waals surface area contributed by atoms with Crippen LogP contribution in [-0.2, 0) is 113 Å². The molecule has 10 nitrogen and oxygen atoms in total. The summed E-state index contributed by atoms with van der Waals surface area (Å²) in [6.07, 6.45) is 33.8. The van der Waals surface area contributed by atoms with Crippen molar-refractivity contribution >= 4 is 92.9 Å².